The predicted octanol–water partition coefficient (Wildman–Crippen LogP) is 1.13. The number of benzene rings is 1. The molecule has 0 radical (unpaired) electrons. The van der Waals surface area contributed by atoms with Gasteiger partial charge in [0.1, 0.15) is 11.6 Å². The van der Waals surface area contributed by atoms with Crippen LogP contribution in [0.1, 0.15) is 29.6 Å². The second-order valence-corrected chi connectivity index (χ2v) is 4.87. The Kier molecular flexibility index (Phi) is 3.99. The van der Waals surface area contributed by atoms with Crippen LogP contribution in [0.2, 0.25) is 0 Å². The van der Waals surface area contributed by atoms with E-state index in [1.54, 1.807) is 0 Å². The molecular formula is C13H15F2N3O2. The minimum Gasteiger partial charge on any atom is -0.366 e. The smallest absolute Gasteiger partial charge is 0.251 e. The molecule has 0 spiro atoms. The van der Waals surface area contributed by atoms with E-state index in [1.165, 1.54) is 0 Å². The van der Waals surface area contributed by atoms with Crippen LogP contribution in [0.15, 0.2) is 12.1 Å². The molecule has 5 N–H and O–H groups in total. The maximum Gasteiger partial charge on any atom is 0.251 e. The Morgan fingerprint density at radius 3 is 2.45 bits per heavy atom. The lowest BCUT2D eigenvalue weighted by molar-refractivity contribution is -0.120. The fourth-order valence-corrected chi connectivity index (χ4v) is 2.37. The van der Waals surface area contributed by atoms with Gasteiger partial charge in [-0.1, -0.05) is 6.42 Å². The molecule has 0 aliphatic heterocycles. The number of hydrogen-bond acceptors (Lipinski definition) is 3. The lowest BCUT2D eigenvalue weighted by Crippen LogP contribution is -2.34. The number of anilines is 1. The maximum atomic E-state index is 13.6. The molecule has 2 rings (SSSR count). The van der Waals surface area contributed by atoms with Crippen molar-refractivity contribution in [1.29, 1.82) is 0 Å². The first-order chi connectivity index (χ1) is 9.40. The van der Waals surface area contributed by atoms with Gasteiger partial charge in [0.25, 0.3) is 5.91 Å². The molecular weight excluding hydrogens is 268 g/mol. The topological polar surface area (TPSA) is 98.2 Å². The average Bonchev–Trinajstić information content (AvgIpc) is 2.78. The van der Waals surface area contributed by atoms with Gasteiger partial charge in [-0.15, -0.1) is 0 Å². The van der Waals surface area contributed by atoms with Crippen LogP contribution in [-0.2, 0) is 4.79 Å². The van der Waals surface area contributed by atoms with Gasteiger partial charge < -0.3 is 16.8 Å². The van der Waals surface area contributed by atoms with E-state index >= 15 is 0 Å². The summed E-state index contributed by atoms with van der Waals surface area (Å²) in [6.07, 6.45) is 2.19. The van der Waals surface area contributed by atoms with Gasteiger partial charge in [-0.3, -0.25) is 9.59 Å². The molecule has 1 aliphatic carbocycles. The van der Waals surface area contributed by atoms with Crippen molar-refractivity contribution in [2.75, 3.05) is 5.32 Å². The van der Waals surface area contributed by atoms with Gasteiger partial charge in [-0.25, -0.2) is 8.78 Å². The highest BCUT2D eigenvalue weighted by Crippen LogP contribution is 2.26. The molecule has 1 aromatic rings. The number of nitrogens with one attached hydrogen (secondary N) is 1. The maximum absolute atomic E-state index is 13.6. The third-order valence-electron chi connectivity index (χ3n) is 3.49. The molecule has 1 aromatic carbocycles. The molecule has 0 aromatic heterocycles. The number of hydrogen-bond donors (Lipinski definition) is 3. The van der Waals surface area contributed by atoms with Crippen LogP contribution in [0.4, 0.5) is 14.5 Å². The Morgan fingerprint density at radius 1 is 1.20 bits per heavy atom. The molecule has 2 unspecified atom stereocenters. The lowest BCUT2D eigenvalue weighted by Gasteiger charge is -2.16. The van der Waals surface area contributed by atoms with Crippen LogP contribution in [0.5, 0.6) is 0 Å². The van der Waals surface area contributed by atoms with Crippen molar-refractivity contribution in [1.82, 2.24) is 0 Å². The standard InChI is InChI=1S/C13H15F2N3O2/c14-8-5-9(15)11(4-7(8)12(17)19)18-13(20)6-2-1-3-10(6)16/h4-6,10H,1-3,16H2,(H2,17,19)(H,18,20). The number of nitrogens with two attached hydrogens (primary N) is 2. The van der Waals surface area contributed by atoms with Crippen molar-refractivity contribution < 1.29 is 18.4 Å². The normalized spacial score (nSPS) is 21.8. The summed E-state index contributed by atoms with van der Waals surface area (Å²) in [6.45, 7) is 0. The number of halogens is 2. The van der Waals surface area contributed by atoms with Gasteiger partial charge in [0, 0.05) is 12.1 Å². The molecule has 2 amide bonds. The van der Waals surface area contributed by atoms with Crippen molar-refractivity contribution in [2.24, 2.45) is 17.4 Å². The Balaban J connectivity index is 2.22. The minimum atomic E-state index is -1.06. The summed E-state index contributed by atoms with van der Waals surface area (Å²) in [6, 6.07) is 1.14. The van der Waals surface area contributed by atoms with E-state index in [-0.39, 0.29) is 11.7 Å². The van der Waals surface area contributed by atoms with E-state index in [1.807, 2.05) is 0 Å². The van der Waals surface area contributed by atoms with Gasteiger partial charge in [-0.2, -0.15) is 0 Å². The molecule has 108 valence electrons. The van der Waals surface area contributed by atoms with Crippen molar-refractivity contribution in [3.05, 3.63) is 29.3 Å². The number of carbonyl (C=O) groups excluding carboxylic acids is 2. The first kappa shape index (κ1) is 14.4. The number of carbonyl (C=O) groups is 2. The molecule has 5 nitrogen and oxygen atoms in total. The molecule has 20 heavy (non-hydrogen) atoms. The molecule has 1 fully saturated rings. The zero-order valence-corrected chi connectivity index (χ0v) is 10.7. The van der Waals surface area contributed by atoms with E-state index in [2.05, 4.69) is 5.32 Å². The molecule has 0 heterocycles. The van der Waals surface area contributed by atoms with Crippen molar-refractivity contribution in [3.8, 4) is 0 Å². The third kappa shape index (κ3) is 2.77. The molecule has 1 aliphatic rings. The predicted molar refractivity (Wildman–Crippen MR) is 68.8 cm³/mol. The Labute approximate surface area is 114 Å². The Bertz CT molecular complexity index is 563. The van der Waals surface area contributed by atoms with E-state index < -0.39 is 34.9 Å². The lowest BCUT2D eigenvalue weighted by atomic mass is 10.0. The van der Waals surface area contributed by atoms with Crippen molar-refractivity contribution in [3.63, 3.8) is 0 Å². The summed E-state index contributed by atoms with van der Waals surface area (Å²) in [5.41, 5.74) is 10.0. The van der Waals surface area contributed by atoms with Gasteiger partial charge >= 0.3 is 0 Å². The highest BCUT2D eigenvalue weighted by Gasteiger charge is 2.30. The first-order valence-electron chi connectivity index (χ1n) is 6.25. The van der Waals surface area contributed by atoms with Gasteiger partial charge in [0.05, 0.1) is 17.2 Å². The highest BCUT2D eigenvalue weighted by molar-refractivity contribution is 5.97. The van der Waals surface area contributed by atoms with E-state index in [4.69, 9.17) is 11.5 Å². The van der Waals surface area contributed by atoms with Crippen molar-refractivity contribution in [2.45, 2.75) is 25.3 Å². The minimum absolute atomic E-state index is 0.269. The van der Waals surface area contributed by atoms with Gasteiger partial charge in [0.15, 0.2) is 0 Å². The monoisotopic (exact) mass is 283 g/mol. The first-order valence-corrected chi connectivity index (χ1v) is 6.25. The zero-order chi connectivity index (χ0) is 14.9. The van der Waals surface area contributed by atoms with E-state index in [9.17, 15) is 18.4 Å². The van der Waals surface area contributed by atoms with Crippen LogP contribution in [0, 0.1) is 17.6 Å². The van der Waals surface area contributed by atoms with Crippen LogP contribution >= 0.6 is 0 Å². The third-order valence-corrected chi connectivity index (χ3v) is 3.49. The van der Waals surface area contributed by atoms with E-state index in [0.717, 1.165) is 18.9 Å². The Morgan fingerprint density at radius 2 is 1.90 bits per heavy atom. The number of amides is 2. The summed E-state index contributed by atoms with van der Waals surface area (Å²) >= 11 is 0. The quantitative estimate of drug-likeness (QED) is 0.775. The van der Waals surface area contributed by atoms with Crippen LogP contribution in [0.25, 0.3) is 0 Å². The van der Waals surface area contributed by atoms with E-state index in [0.29, 0.717) is 12.5 Å². The molecule has 0 bridgehead atoms. The second-order valence-electron chi connectivity index (χ2n) is 4.87. The van der Waals surface area contributed by atoms with Crippen LogP contribution in [0.3, 0.4) is 0 Å². The molecule has 0 saturated heterocycles. The SMILES string of the molecule is NC(=O)c1cc(NC(=O)C2CCCC2N)c(F)cc1F. The fourth-order valence-electron chi connectivity index (χ4n) is 2.37. The summed E-state index contributed by atoms with van der Waals surface area (Å²) < 4.78 is 26.9. The van der Waals surface area contributed by atoms with Gasteiger partial charge in [-0.05, 0) is 18.9 Å². The summed E-state index contributed by atoms with van der Waals surface area (Å²) in [7, 11) is 0. The molecule has 2 atom stereocenters. The number of rotatable bonds is 3. The fraction of sp³-hybridized carbons (Fsp3) is 0.385. The summed E-state index contributed by atoms with van der Waals surface area (Å²) in [5.74, 6) is -3.90. The second kappa shape index (κ2) is 5.54. The number of primary amides is 1. The molecule has 7 heteroatoms. The van der Waals surface area contributed by atoms with Gasteiger partial charge in [0.2, 0.25) is 5.91 Å². The largest absolute Gasteiger partial charge is 0.366 e. The van der Waals surface area contributed by atoms with Crippen molar-refractivity contribution >= 4 is 17.5 Å². The van der Waals surface area contributed by atoms with Crippen LogP contribution in [-0.4, -0.2) is 17.9 Å². The molecule has 1 saturated carbocycles. The Hall–Kier alpha value is -2.02. The highest BCUT2D eigenvalue weighted by atomic mass is 19.1. The zero-order valence-electron chi connectivity index (χ0n) is 10.7. The summed E-state index contributed by atoms with van der Waals surface area (Å²) in [5, 5.41) is 2.34. The van der Waals surface area contributed by atoms with Crippen LogP contribution < -0.4 is 16.8 Å². The summed E-state index contributed by atoms with van der Waals surface area (Å²) in [4.78, 5) is 23.0. The average molecular weight is 283 g/mol.